The van der Waals surface area contributed by atoms with Crippen molar-refractivity contribution >= 4 is 34.1 Å². The summed E-state index contributed by atoms with van der Waals surface area (Å²) in [6.07, 6.45) is 5.64. The van der Waals surface area contributed by atoms with E-state index in [9.17, 15) is 4.79 Å². The number of aromatic nitrogens is 3. The number of benzene rings is 1. The molecular formula is C21H24N4OS2. The fourth-order valence-corrected chi connectivity index (χ4v) is 4.37. The van der Waals surface area contributed by atoms with Crippen LogP contribution >= 0.6 is 23.1 Å². The molecule has 1 aromatic carbocycles. The Morgan fingerprint density at radius 1 is 1.18 bits per heavy atom. The molecule has 0 bridgehead atoms. The monoisotopic (exact) mass is 412 g/mol. The van der Waals surface area contributed by atoms with Gasteiger partial charge in [0.1, 0.15) is 0 Å². The van der Waals surface area contributed by atoms with Crippen LogP contribution in [0.5, 0.6) is 0 Å². The molecule has 0 saturated heterocycles. The van der Waals surface area contributed by atoms with Crippen molar-refractivity contribution in [3.05, 3.63) is 63.4 Å². The van der Waals surface area contributed by atoms with Crippen molar-refractivity contribution in [3.8, 4) is 0 Å². The van der Waals surface area contributed by atoms with E-state index in [1.54, 1.807) is 0 Å². The van der Waals surface area contributed by atoms with E-state index < -0.39 is 0 Å². The number of hydrogen-bond acceptors (Lipinski definition) is 6. The Labute approximate surface area is 174 Å². The SMILES string of the molecule is CSc1nc(C)c(CCC(=O)Nc2ncc(Cc3cccc(C)c3)s2)c(C)n1. The summed E-state index contributed by atoms with van der Waals surface area (Å²) in [5, 5.41) is 4.33. The lowest BCUT2D eigenvalue weighted by atomic mass is 10.1. The zero-order valence-corrected chi connectivity index (χ0v) is 18.2. The number of thiazole rings is 1. The predicted octanol–water partition coefficient (Wildman–Crippen LogP) is 4.74. The largest absolute Gasteiger partial charge is 0.302 e. The van der Waals surface area contributed by atoms with Crippen LogP contribution in [0.3, 0.4) is 0 Å². The molecule has 0 fully saturated rings. The van der Waals surface area contributed by atoms with Gasteiger partial charge >= 0.3 is 0 Å². The van der Waals surface area contributed by atoms with E-state index in [4.69, 9.17) is 0 Å². The van der Waals surface area contributed by atoms with Gasteiger partial charge in [0.15, 0.2) is 10.3 Å². The summed E-state index contributed by atoms with van der Waals surface area (Å²) in [7, 11) is 0. The Kier molecular flexibility index (Phi) is 6.80. The van der Waals surface area contributed by atoms with Crippen molar-refractivity contribution in [1.29, 1.82) is 0 Å². The first-order chi connectivity index (χ1) is 13.4. The van der Waals surface area contributed by atoms with Crippen LogP contribution in [0.1, 0.15) is 39.4 Å². The number of hydrogen-bond donors (Lipinski definition) is 1. The summed E-state index contributed by atoms with van der Waals surface area (Å²) in [5.74, 6) is -0.0378. The number of nitrogens with one attached hydrogen (secondary N) is 1. The van der Waals surface area contributed by atoms with Gasteiger partial charge in [0.05, 0.1) is 0 Å². The molecule has 0 radical (unpaired) electrons. The van der Waals surface area contributed by atoms with Crippen LogP contribution in [0, 0.1) is 20.8 Å². The molecule has 3 aromatic rings. The summed E-state index contributed by atoms with van der Waals surface area (Å²) >= 11 is 3.05. The van der Waals surface area contributed by atoms with E-state index >= 15 is 0 Å². The lowest BCUT2D eigenvalue weighted by Gasteiger charge is -2.09. The topological polar surface area (TPSA) is 67.8 Å². The molecule has 0 aliphatic rings. The first-order valence-corrected chi connectivity index (χ1v) is 11.2. The molecule has 1 amide bonds. The minimum absolute atomic E-state index is 0.0378. The fourth-order valence-electron chi connectivity index (χ4n) is 3.05. The highest BCUT2D eigenvalue weighted by Gasteiger charge is 2.12. The molecule has 1 N–H and O–H groups in total. The zero-order chi connectivity index (χ0) is 20.1. The average molecular weight is 413 g/mol. The number of thioether (sulfide) groups is 1. The lowest BCUT2D eigenvalue weighted by Crippen LogP contribution is -2.13. The number of nitrogens with zero attached hydrogens (tertiary/aromatic N) is 3. The minimum atomic E-state index is -0.0378. The van der Waals surface area contributed by atoms with Crippen molar-refractivity contribution in [2.45, 2.75) is 45.2 Å². The zero-order valence-electron chi connectivity index (χ0n) is 16.6. The van der Waals surface area contributed by atoms with Gasteiger partial charge in [-0.2, -0.15) is 0 Å². The molecule has 0 unspecified atom stereocenters. The van der Waals surface area contributed by atoms with E-state index in [1.165, 1.54) is 34.2 Å². The Morgan fingerprint density at radius 2 is 1.93 bits per heavy atom. The van der Waals surface area contributed by atoms with Gasteiger partial charge in [-0.25, -0.2) is 15.0 Å². The van der Waals surface area contributed by atoms with Gasteiger partial charge in [-0.3, -0.25) is 4.79 Å². The normalized spacial score (nSPS) is 10.9. The molecule has 0 atom stereocenters. The molecule has 2 aromatic heterocycles. The van der Waals surface area contributed by atoms with Crippen molar-refractivity contribution in [3.63, 3.8) is 0 Å². The summed E-state index contributed by atoms with van der Waals surface area (Å²) in [6, 6.07) is 8.44. The maximum atomic E-state index is 12.4. The number of rotatable bonds is 7. The molecule has 7 heteroatoms. The van der Waals surface area contributed by atoms with Crippen LogP contribution in [0.2, 0.25) is 0 Å². The Morgan fingerprint density at radius 3 is 2.61 bits per heavy atom. The van der Waals surface area contributed by atoms with Gasteiger partial charge < -0.3 is 5.32 Å². The highest BCUT2D eigenvalue weighted by Crippen LogP contribution is 2.22. The molecule has 0 aliphatic heterocycles. The predicted molar refractivity (Wildman–Crippen MR) is 116 cm³/mol. The number of amides is 1. The van der Waals surface area contributed by atoms with E-state index in [-0.39, 0.29) is 5.91 Å². The molecule has 5 nitrogen and oxygen atoms in total. The van der Waals surface area contributed by atoms with Crippen molar-refractivity contribution in [1.82, 2.24) is 15.0 Å². The number of aryl methyl sites for hydroxylation is 3. The van der Waals surface area contributed by atoms with E-state index in [0.717, 1.165) is 33.4 Å². The third kappa shape index (κ3) is 5.39. The highest BCUT2D eigenvalue weighted by atomic mass is 32.2. The summed E-state index contributed by atoms with van der Waals surface area (Å²) in [5.41, 5.74) is 5.43. The number of carbonyl (C=O) groups is 1. The molecule has 2 heterocycles. The van der Waals surface area contributed by atoms with Crippen molar-refractivity contribution in [2.24, 2.45) is 0 Å². The molecule has 0 aliphatic carbocycles. The number of anilines is 1. The van der Waals surface area contributed by atoms with Crippen molar-refractivity contribution < 1.29 is 4.79 Å². The van der Waals surface area contributed by atoms with Gasteiger partial charge in [-0.05, 0) is 44.6 Å². The average Bonchev–Trinajstić information content (AvgIpc) is 3.07. The maximum Gasteiger partial charge on any atom is 0.226 e. The first kappa shape index (κ1) is 20.5. The van der Waals surface area contributed by atoms with Crippen LogP contribution in [0.4, 0.5) is 5.13 Å². The van der Waals surface area contributed by atoms with Crippen molar-refractivity contribution in [2.75, 3.05) is 11.6 Å². The second-order valence-corrected chi connectivity index (χ2v) is 8.59. The maximum absolute atomic E-state index is 12.4. The lowest BCUT2D eigenvalue weighted by molar-refractivity contribution is -0.116. The summed E-state index contributed by atoms with van der Waals surface area (Å²) in [4.78, 5) is 26.8. The van der Waals surface area contributed by atoms with Gasteiger partial charge in [0.2, 0.25) is 5.91 Å². The van der Waals surface area contributed by atoms with Gasteiger partial charge in [-0.15, -0.1) is 11.3 Å². The number of carbonyl (C=O) groups excluding carboxylic acids is 1. The first-order valence-electron chi connectivity index (χ1n) is 9.13. The second kappa shape index (κ2) is 9.30. The Balaban J connectivity index is 1.56. The summed E-state index contributed by atoms with van der Waals surface area (Å²) in [6.45, 7) is 6.03. The smallest absolute Gasteiger partial charge is 0.226 e. The minimum Gasteiger partial charge on any atom is -0.302 e. The van der Waals surface area contributed by atoms with E-state index in [1.807, 2.05) is 26.3 Å². The fraction of sp³-hybridized carbons (Fsp3) is 0.333. The van der Waals surface area contributed by atoms with Gasteiger partial charge in [-0.1, -0.05) is 41.6 Å². The quantitative estimate of drug-likeness (QED) is 0.448. The Hall–Kier alpha value is -2.25. The molecule has 0 spiro atoms. The van der Waals surface area contributed by atoms with Crippen LogP contribution in [0.15, 0.2) is 35.6 Å². The van der Waals surface area contributed by atoms with Crippen LogP contribution in [-0.4, -0.2) is 27.1 Å². The molecule has 3 rings (SSSR count). The molecule has 146 valence electrons. The third-order valence-electron chi connectivity index (χ3n) is 4.45. The van der Waals surface area contributed by atoms with Gasteiger partial charge in [0.25, 0.3) is 0 Å². The molecule has 0 saturated carbocycles. The van der Waals surface area contributed by atoms with Crippen LogP contribution in [0.25, 0.3) is 0 Å². The second-order valence-electron chi connectivity index (χ2n) is 6.71. The molecule has 28 heavy (non-hydrogen) atoms. The molecular weight excluding hydrogens is 388 g/mol. The van der Waals surface area contributed by atoms with E-state index in [0.29, 0.717) is 18.0 Å². The Bertz CT molecular complexity index is 961. The third-order valence-corrected chi connectivity index (χ3v) is 5.91. The highest BCUT2D eigenvalue weighted by molar-refractivity contribution is 7.98. The van der Waals surface area contributed by atoms with Crippen LogP contribution in [-0.2, 0) is 17.6 Å². The van der Waals surface area contributed by atoms with E-state index in [2.05, 4.69) is 51.5 Å². The summed E-state index contributed by atoms with van der Waals surface area (Å²) < 4.78 is 0. The standard InChI is InChI=1S/C21H24N4OS2/c1-13-6-5-7-16(10-13)11-17-12-22-20(28-17)25-19(26)9-8-18-14(2)23-21(27-4)24-15(18)3/h5-7,10,12H,8-9,11H2,1-4H3,(H,22,25,26). The van der Waals surface area contributed by atoms with Crippen LogP contribution < -0.4 is 5.32 Å². The van der Waals surface area contributed by atoms with Gasteiger partial charge in [0, 0.05) is 35.3 Å².